The lowest BCUT2D eigenvalue weighted by molar-refractivity contribution is -0.00674. The molecule has 3 aromatic rings. The molecule has 0 unspecified atom stereocenters. The van der Waals surface area contributed by atoms with E-state index in [0.29, 0.717) is 46.9 Å². The molecular weight excluding hydrogens is 425 g/mol. The summed E-state index contributed by atoms with van der Waals surface area (Å²) in [4.78, 5) is 30.1. The second kappa shape index (κ2) is 7.60. The number of amides is 1. The molecule has 9 heteroatoms. The number of hydrogen-bond acceptors (Lipinski definition) is 4. The zero-order chi connectivity index (χ0) is 24.3. The molecular formula is C24H30FN5O3. The Labute approximate surface area is 192 Å². The second-order valence-electron chi connectivity index (χ2n) is 10.0. The van der Waals surface area contributed by atoms with E-state index in [1.54, 1.807) is 43.3 Å². The zero-order valence-corrected chi connectivity index (χ0v) is 20.1. The van der Waals surface area contributed by atoms with Gasteiger partial charge in [-0.3, -0.25) is 14.1 Å². The van der Waals surface area contributed by atoms with Crippen LogP contribution < -0.4 is 5.69 Å². The van der Waals surface area contributed by atoms with Crippen molar-refractivity contribution in [2.24, 2.45) is 0 Å². The third-order valence-corrected chi connectivity index (χ3v) is 5.93. The molecule has 0 atom stereocenters. The molecule has 1 N–H and O–H groups in total. The molecule has 0 fully saturated rings. The molecule has 0 bridgehead atoms. The summed E-state index contributed by atoms with van der Waals surface area (Å²) in [6.07, 6.45) is 2.76. The number of ether oxygens (including phenoxy) is 1. The fraction of sp³-hybridized carbons (Fsp3) is 0.458. The summed E-state index contributed by atoms with van der Waals surface area (Å²) in [5.74, 6) is -0.264. The van der Waals surface area contributed by atoms with Gasteiger partial charge in [-0.15, -0.1) is 0 Å². The third-order valence-electron chi connectivity index (χ3n) is 5.93. The molecule has 33 heavy (non-hydrogen) atoms. The van der Waals surface area contributed by atoms with Crippen LogP contribution in [0.25, 0.3) is 16.9 Å². The summed E-state index contributed by atoms with van der Waals surface area (Å²) in [7, 11) is 0. The van der Waals surface area contributed by atoms with Gasteiger partial charge in [-0.2, -0.15) is 5.10 Å². The largest absolute Gasteiger partial charge is 0.444 e. The lowest BCUT2D eigenvalue weighted by Crippen LogP contribution is -2.53. The topological polar surface area (TPSA) is 85.2 Å². The summed E-state index contributed by atoms with van der Waals surface area (Å²) in [6, 6.07) is 3.47. The number of halogens is 1. The number of nitrogens with one attached hydrogen (secondary N) is 1. The fourth-order valence-corrected chi connectivity index (χ4v) is 4.46. The number of hydrogen-bond donors (Lipinski definition) is 1. The lowest BCUT2D eigenvalue weighted by atomic mass is 9.93. The molecule has 176 valence electrons. The molecule has 4 rings (SSSR count). The van der Waals surface area contributed by atoms with E-state index in [0.717, 1.165) is 0 Å². The Morgan fingerprint density at radius 3 is 2.36 bits per heavy atom. The number of aromatic amines is 1. The first-order valence-corrected chi connectivity index (χ1v) is 11.0. The number of carbonyl (C=O) groups is 1. The van der Waals surface area contributed by atoms with E-state index >= 15 is 0 Å². The van der Waals surface area contributed by atoms with Crippen LogP contribution in [0.4, 0.5) is 9.18 Å². The fourth-order valence-electron chi connectivity index (χ4n) is 4.46. The van der Waals surface area contributed by atoms with Crippen LogP contribution in [0.15, 0.2) is 29.3 Å². The number of imidazole rings is 1. The van der Waals surface area contributed by atoms with Gasteiger partial charge in [-0.1, -0.05) is 0 Å². The van der Waals surface area contributed by atoms with Crippen molar-refractivity contribution >= 4 is 6.09 Å². The van der Waals surface area contributed by atoms with Gasteiger partial charge >= 0.3 is 11.8 Å². The minimum atomic E-state index is -0.831. The van der Waals surface area contributed by atoms with Gasteiger partial charge in [0.2, 0.25) is 0 Å². The maximum atomic E-state index is 14.3. The molecule has 0 spiro atoms. The quantitative estimate of drug-likeness (QED) is 0.625. The zero-order valence-electron chi connectivity index (χ0n) is 20.1. The van der Waals surface area contributed by atoms with Crippen molar-refractivity contribution in [3.8, 4) is 16.9 Å². The Balaban J connectivity index is 1.95. The first-order chi connectivity index (χ1) is 15.3. The number of rotatable bonds is 2. The van der Waals surface area contributed by atoms with Crippen molar-refractivity contribution in [2.75, 3.05) is 6.54 Å². The van der Waals surface area contributed by atoms with Crippen LogP contribution in [0.1, 0.15) is 51.4 Å². The smallest absolute Gasteiger partial charge is 0.411 e. The van der Waals surface area contributed by atoms with E-state index < -0.39 is 17.2 Å². The maximum Gasteiger partial charge on any atom is 0.411 e. The first kappa shape index (κ1) is 22.8. The predicted molar refractivity (Wildman–Crippen MR) is 123 cm³/mol. The van der Waals surface area contributed by atoms with Crippen molar-refractivity contribution in [2.45, 2.75) is 66.2 Å². The van der Waals surface area contributed by atoms with Gasteiger partial charge in [0.05, 0.1) is 17.8 Å². The minimum absolute atomic E-state index is 0.264. The molecule has 3 heterocycles. The minimum Gasteiger partial charge on any atom is -0.444 e. The number of H-pyrrole nitrogens is 1. The number of carbonyl (C=O) groups excluding carboxylic acids is 1. The van der Waals surface area contributed by atoms with Crippen LogP contribution in [-0.2, 0) is 16.8 Å². The molecule has 0 saturated carbocycles. The average molecular weight is 456 g/mol. The summed E-state index contributed by atoms with van der Waals surface area (Å²) in [5, 5.41) is 4.84. The third kappa shape index (κ3) is 3.85. The highest BCUT2D eigenvalue weighted by molar-refractivity contribution is 5.75. The standard InChI is InChI=1S/C24H30FN5O3/c1-14-12-16(13-15(2)17(14)25)18-19(28-9-8-26-21(28)31)20-24(6,7)29(10-11-30(20)27-18)22(32)33-23(3,4)5/h8-9,12-13H,10-11H2,1-7H3,(H,26,31). The molecule has 0 aliphatic carbocycles. The highest BCUT2D eigenvalue weighted by atomic mass is 19.1. The Morgan fingerprint density at radius 2 is 1.82 bits per heavy atom. The van der Waals surface area contributed by atoms with E-state index in [1.807, 2.05) is 39.3 Å². The average Bonchev–Trinajstić information content (AvgIpc) is 3.27. The predicted octanol–water partition coefficient (Wildman–Crippen LogP) is 4.27. The number of benzene rings is 1. The summed E-state index contributed by atoms with van der Waals surface area (Å²) < 4.78 is 23.3. The first-order valence-electron chi connectivity index (χ1n) is 11.0. The lowest BCUT2D eigenvalue weighted by Gasteiger charge is -2.43. The van der Waals surface area contributed by atoms with E-state index in [9.17, 15) is 14.0 Å². The monoisotopic (exact) mass is 455 g/mol. The van der Waals surface area contributed by atoms with Crippen LogP contribution in [0.3, 0.4) is 0 Å². The number of aryl methyl sites for hydroxylation is 2. The maximum absolute atomic E-state index is 14.3. The molecule has 1 aliphatic heterocycles. The highest BCUT2D eigenvalue weighted by Gasteiger charge is 2.44. The van der Waals surface area contributed by atoms with Gasteiger partial charge < -0.3 is 9.72 Å². The van der Waals surface area contributed by atoms with Crippen molar-refractivity contribution in [3.05, 3.63) is 57.6 Å². The Bertz CT molecular complexity index is 1270. The Morgan fingerprint density at radius 1 is 1.18 bits per heavy atom. The summed E-state index contributed by atoms with van der Waals surface area (Å²) in [6.45, 7) is 13.6. The van der Waals surface area contributed by atoms with Gasteiger partial charge in [-0.05, 0) is 71.7 Å². The van der Waals surface area contributed by atoms with Crippen molar-refractivity contribution in [1.29, 1.82) is 0 Å². The van der Waals surface area contributed by atoms with Crippen LogP contribution >= 0.6 is 0 Å². The van der Waals surface area contributed by atoms with Gasteiger partial charge in [0.1, 0.15) is 22.8 Å². The van der Waals surface area contributed by atoms with Crippen molar-refractivity contribution in [3.63, 3.8) is 0 Å². The molecule has 2 aromatic heterocycles. The van der Waals surface area contributed by atoms with E-state index in [1.165, 1.54) is 4.57 Å². The molecule has 1 aliphatic rings. The number of fused-ring (bicyclic) bond motifs is 1. The van der Waals surface area contributed by atoms with Gasteiger partial charge in [0, 0.05) is 24.5 Å². The van der Waals surface area contributed by atoms with Gasteiger partial charge in [0.25, 0.3) is 0 Å². The molecule has 0 saturated heterocycles. The van der Waals surface area contributed by atoms with Crippen LogP contribution in [-0.4, -0.2) is 42.5 Å². The van der Waals surface area contributed by atoms with Gasteiger partial charge in [0.15, 0.2) is 0 Å². The summed E-state index contributed by atoms with van der Waals surface area (Å²) in [5.41, 5.74) is 1.72. The highest BCUT2D eigenvalue weighted by Crippen LogP contribution is 2.41. The molecule has 1 amide bonds. The second-order valence-corrected chi connectivity index (χ2v) is 10.0. The van der Waals surface area contributed by atoms with E-state index in [4.69, 9.17) is 9.84 Å². The van der Waals surface area contributed by atoms with E-state index in [-0.39, 0.29) is 11.5 Å². The van der Waals surface area contributed by atoms with Crippen LogP contribution in [0.5, 0.6) is 0 Å². The number of nitrogens with zero attached hydrogens (tertiary/aromatic N) is 4. The molecule has 1 aromatic carbocycles. The SMILES string of the molecule is Cc1cc(-c2nn3c(c2-n2cc[nH]c2=O)C(C)(C)N(C(=O)OC(C)(C)C)CC3)cc(C)c1F. The van der Waals surface area contributed by atoms with Crippen molar-refractivity contribution in [1.82, 2.24) is 24.2 Å². The van der Waals surface area contributed by atoms with Gasteiger partial charge in [-0.25, -0.2) is 14.0 Å². The van der Waals surface area contributed by atoms with Crippen molar-refractivity contribution < 1.29 is 13.9 Å². The summed E-state index contributed by atoms with van der Waals surface area (Å²) >= 11 is 0. The molecule has 0 radical (unpaired) electrons. The van der Waals surface area contributed by atoms with Crippen LogP contribution in [0, 0.1) is 19.7 Å². The Hall–Kier alpha value is -3.36. The van der Waals surface area contributed by atoms with E-state index in [2.05, 4.69) is 4.98 Å². The Kier molecular flexibility index (Phi) is 5.26. The van der Waals surface area contributed by atoms with Crippen LogP contribution in [0.2, 0.25) is 0 Å². The number of aromatic nitrogens is 4. The normalized spacial score (nSPS) is 15.5. The molecule has 8 nitrogen and oxygen atoms in total.